The number of hydrogen-bond acceptors (Lipinski definition) is 8. The molecule has 0 bridgehead atoms. The Balaban J connectivity index is 0.999. The van der Waals surface area contributed by atoms with Crippen LogP contribution in [0, 0.1) is 43.8 Å². The fourth-order valence-corrected chi connectivity index (χ4v) is 8.94. The lowest BCUT2D eigenvalue weighted by Crippen LogP contribution is -2.52. The van der Waals surface area contributed by atoms with Gasteiger partial charge in [0.05, 0.1) is 22.9 Å². The van der Waals surface area contributed by atoms with Crippen molar-refractivity contribution in [3.63, 3.8) is 0 Å². The third-order valence-electron chi connectivity index (χ3n) is 11.8. The molecule has 3 amide bonds. The first-order valence-corrected chi connectivity index (χ1v) is 19.1. The minimum Gasteiger partial charge on any atom is -0.380 e. The topological polar surface area (TPSA) is 132 Å². The summed E-state index contributed by atoms with van der Waals surface area (Å²) >= 11 is 6.92. The number of nitrogens with one attached hydrogen (secondary N) is 2. The Hall–Kier alpha value is -5.21. The number of aryl methyl sites for hydroxylation is 3. The van der Waals surface area contributed by atoms with Crippen LogP contribution in [0.25, 0.3) is 11.1 Å². The highest BCUT2D eigenvalue weighted by Gasteiger charge is 2.46. The molecule has 4 aliphatic rings. The molecule has 2 aliphatic heterocycles. The van der Waals surface area contributed by atoms with Crippen LogP contribution in [-0.2, 0) is 21.5 Å². The van der Waals surface area contributed by atoms with Crippen LogP contribution in [0.1, 0.15) is 89.9 Å². The Morgan fingerprint density at radius 1 is 1.06 bits per heavy atom. The molecule has 0 radical (unpaired) electrons. The number of carbonyl (C=O) groups excluding carboxylic acids is 3. The first-order valence-electron chi connectivity index (χ1n) is 18.7. The van der Waals surface area contributed by atoms with Crippen LogP contribution in [-0.4, -0.2) is 46.4 Å². The van der Waals surface area contributed by atoms with Crippen LogP contribution in [0.3, 0.4) is 0 Å². The van der Waals surface area contributed by atoms with Gasteiger partial charge in [-0.15, -0.1) is 0 Å². The third kappa shape index (κ3) is 6.51. The van der Waals surface area contributed by atoms with Gasteiger partial charge in [-0.05, 0) is 124 Å². The van der Waals surface area contributed by atoms with Gasteiger partial charge in [0, 0.05) is 53.1 Å². The summed E-state index contributed by atoms with van der Waals surface area (Å²) in [5.41, 5.74) is 7.62. The Morgan fingerprint density at radius 2 is 1.83 bits per heavy atom. The number of hydrogen-bond donors (Lipinski definition) is 2. The van der Waals surface area contributed by atoms with Crippen LogP contribution < -0.4 is 15.5 Å². The van der Waals surface area contributed by atoms with E-state index in [9.17, 15) is 19.6 Å². The maximum Gasteiger partial charge on any atom is 0.255 e. The maximum atomic E-state index is 15.5. The molecule has 3 heterocycles. The number of aromatic nitrogens is 1. The number of benzene rings is 3. The predicted molar refractivity (Wildman–Crippen MR) is 203 cm³/mol. The second-order valence-corrected chi connectivity index (χ2v) is 15.8. The van der Waals surface area contributed by atoms with Gasteiger partial charge in [-0.2, -0.15) is 5.26 Å². The van der Waals surface area contributed by atoms with E-state index in [-0.39, 0.29) is 36.9 Å². The summed E-state index contributed by atoms with van der Waals surface area (Å²) in [6, 6.07) is 17.2. The van der Waals surface area contributed by atoms with Crippen molar-refractivity contribution in [3.8, 4) is 17.2 Å². The number of rotatable bonds is 9. The molecule has 10 nitrogen and oxygen atoms in total. The van der Waals surface area contributed by atoms with Crippen molar-refractivity contribution < 1.29 is 23.3 Å². The highest BCUT2D eigenvalue weighted by molar-refractivity contribution is 6.32. The molecule has 3 aromatic carbocycles. The molecule has 2 N–H and O–H groups in total. The maximum absolute atomic E-state index is 15.5. The Labute approximate surface area is 318 Å². The number of fused-ring (bicyclic) bond motifs is 1. The summed E-state index contributed by atoms with van der Waals surface area (Å²) in [6.07, 6.45) is 5.54. The van der Waals surface area contributed by atoms with Crippen LogP contribution in [0.2, 0.25) is 5.02 Å². The van der Waals surface area contributed by atoms with Gasteiger partial charge >= 0.3 is 0 Å². The van der Waals surface area contributed by atoms with E-state index in [1.54, 1.807) is 6.07 Å². The molecule has 2 aliphatic carbocycles. The summed E-state index contributed by atoms with van der Waals surface area (Å²) in [5, 5.41) is 20.4. The number of carbonyl (C=O) groups is 3. The van der Waals surface area contributed by atoms with Gasteiger partial charge in [-0.1, -0.05) is 35.0 Å². The first kappa shape index (κ1) is 35.8. The van der Waals surface area contributed by atoms with Gasteiger partial charge in [0.2, 0.25) is 11.8 Å². The molecule has 278 valence electrons. The van der Waals surface area contributed by atoms with Crippen LogP contribution in [0.5, 0.6) is 0 Å². The Bertz CT molecular complexity index is 2210. The lowest BCUT2D eigenvalue weighted by atomic mass is 9.85. The molecule has 54 heavy (non-hydrogen) atoms. The summed E-state index contributed by atoms with van der Waals surface area (Å²) in [4.78, 5) is 41.1. The highest BCUT2D eigenvalue weighted by atomic mass is 35.5. The third-order valence-corrected chi connectivity index (χ3v) is 12.1. The van der Waals surface area contributed by atoms with E-state index in [0.717, 1.165) is 90.2 Å². The van der Waals surface area contributed by atoms with Crippen molar-refractivity contribution in [1.29, 1.82) is 5.26 Å². The van der Waals surface area contributed by atoms with Crippen molar-refractivity contribution in [2.45, 2.75) is 96.2 Å². The Kier molecular flexibility index (Phi) is 9.21. The number of amides is 3. The van der Waals surface area contributed by atoms with E-state index in [4.69, 9.17) is 16.1 Å². The number of piperidine rings is 1. The summed E-state index contributed by atoms with van der Waals surface area (Å²) in [7, 11) is 0. The van der Waals surface area contributed by atoms with Crippen LogP contribution >= 0.6 is 11.6 Å². The predicted octanol–water partition coefficient (Wildman–Crippen LogP) is 8.18. The zero-order chi connectivity index (χ0) is 37.9. The zero-order valence-corrected chi connectivity index (χ0v) is 31.4. The molecule has 1 atom stereocenters. The molecule has 1 aromatic heterocycles. The van der Waals surface area contributed by atoms with Gasteiger partial charge in [-0.3, -0.25) is 19.7 Å². The fraction of sp³-hybridized carbons (Fsp3) is 0.405. The number of nitriles is 1. The van der Waals surface area contributed by atoms with Gasteiger partial charge in [0.15, 0.2) is 0 Å². The molecule has 1 unspecified atom stereocenters. The normalized spacial score (nSPS) is 21.7. The summed E-state index contributed by atoms with van der Waals surface area (Å²) in [5.74, 6) is -0.636. The molecule has 12 heteroatoms. The van der Waals surface area contributed by atoms with Gasteiger partial charge in [-0.25, -0.2) is 4.39 Å². The van der Waals surface area contributed by atoms with Crippen molar-refractivity contribution in [1.82, 2.24) is 15.4 Å². The number of imide groups is 1. The molecule has 2 saturated carbocycles. The minimum atomic E-state index is -0.750. The number of nitrogens with zero attached hydrogens (tertiary/aromatic N) is 4. The average Bonchev–Trinajstić information content (AvgIpc) is 3.79. The van der Waals surface area contributed by atoms with Gasteiger partial charge in [0.25, 0.3) is 5.91 Å². The van der Waals surface area contributed by atoms with E-state index < -0.39 is 29.1 Å². The second kappa shape index (κ2) is 13.9. The monoisotopic (exact) mass is 748 g/mol. The van der Waals surface area contributed by atoms with Crippen molar-refractivity contribution >= 4 is 46.4 Å². The average molecular weight is 749 g/mol. The lowest BCUT2D eigenvalue weighted by molar-refractivity contribution is -0.136. The molecule has 4 aromatic rings. The summed E-state index contributed by atoms with van der Waals surface area (Å²) in [6.45, 7) is 6.90. The molecule has 3 fully saturated rings. The largest absolute Gasteiger partial charge is 0.380 e. The molecular formula is C42H42ClFN6O4. The number of halogens is 2. The number of anilines is 3. The van der Waals surface area contributed by atoms with E-state index in [1.807, 2.05) is 26.0 Å². The van der Waals surface area contributed by atoms with Crippen LogP contribution in [0.15, 0.2) is 53.1 Å². The molecular weight excluding hydrogens is 707 g/mol. The zero-order valence-electron chi connectivity index (χ0n) is 30.6. The van der Waals surface area contributed by atoms with Crippen LogP contribution in [0.4, 0.5) is 21.5 Å². The van der Waals surface area contributed by atoms with Crippen molar-refractivity contribution in [2.75, 3.05) is 16.8 Å². The van der Waals surface area contributed by atoms with E-state index in [1.165, 1.54) is 11.0 Å². The highest BCUT2D eigenvalue weighted by Crippen LogP contribution is 2.51. The summed E-state index contributed by atoms with van der Waals surface area (Å²) < 4.78 is 21.0. The SMILES string of the molecule is Cc1ccc(-c2c(C)noc2C)cc1N(C[C@H]1CC[C@H](Nc2cc3c(cc2F)C(=O)N(C2CCC(=O)NC2=O)C3)CC1)c1ccc(C2(C#N)CC2)c(Cl)c1. The standard InChI is InChI=1S/C42H42ClFN6O4/c1-23-4-7-27(39-24(2)48-54-25(39)3)17-37(23)49(30-10-11-32(33(43)18-30)42(22-45)14-15-42)20-26-5-8-29(9-6-26)46-35-16-28-21-50(41(53)31(28)19-34(35)44)36-12-13-38(51)47-40(36)52/h4,7,10-11,16-19,26,29,36,46H,5-6,8-9,12-15,20-21H2,1-3H3,(H,47,51,52)/t26-,29-,36?. The lowest BCUT2D eigenvalue weighted by Gasteiger charge is -2.35. The van der Waals surface area contributed by atoms with Crippen molar-refractivity contribution in [2.24, 2.45) is 5.92 Å². The second-order valence-electron chi connectivity index (χ2n) is 15.4. The quantitative estimate of drug-likeness (QED) is 0.164. The molecule has 8 rings (SSSR count). The van der Waals surface area contributed by atoms with Crippen molar-refractivity contribution in [3.05, 3.63) is 93.1 Å². The van der Waals surface area contributed by atoms with Gasteiger partial charge in [0.1, 0.15) is 17.6 Å². The molecule has 0 spiro atoms. The minimum absolute atomic E-state index is 0.0460. The van der Waals surface area contributed by atoms with E-state index in [2.05, 4.69) is 57.9 Å². The van der Waals surface area contributed by atoms with E-state index >= 15 is 4.39 Å². The first-order chi connectivity index (χ1) is 25.9. The molecule has 1 saturated heterocycles. The smallest absolute Gasteiger partial charge is 0.255 e. The van der Waals surface area contributed by atoms with Gasteiger partial charge < -0.3 is 19.6 Å². The van der Waals surface area contributed by atoms with E-state index in [0.29, 0.717) is 22.2 Å². The Morgan fingerprint density at radius 3 is 2.50 bits per heavy atom. The fourth-order valence-electron chi connectivity index (χ4n) is 8.59.